The molecule has 6 atom stereocenters. The highest BCUT2D eigenvalue weighted by Crippen LogP contribution is 2.07. The van der Waals surface area contributed by atoms with Gasteiger partial charge in [-0.1, -0.05) is 13.8 Å². The van der Waals surface area contributed by atoms with Crippen LogP contribution in [0.3, 0.4) is 0 Å². The molecule has 0 aromatic heterocycles. The molecule has 0 radical (unpaired) electrons. The predicted molar refractivity (Wildman–Crippen MR) is 161 cm³/mol. The van der Waals surface area contributed by atoms with Crippen molar-refractivity contribution in [3.8, 4) is 0 Å². The van der Waals surface area contributed by atoms with E-state index in [1.807, 2.05) is 0 Å². The van der Waals surface area contributed by atoms with Gasteiger partial charge in [-0.05, 0) is 44.6 Å². The van der Waals surface area contributed by atoms with E-state index in [4.69, 9.17) is 21.7 Å². The highest BCUT2D eigenvalue weighted by molar-refractivity contribution is 5.96. The Hall–Kier alpha value is -4.40. The highest BCUT2D eigenvalue weighted by atomic mass is 16.4. The van der Waals surface area contributed by atoms with Gasteiger partial charge < -0.3 is 63.6 Å². The molecule has 0 aliphatic rings. The number of hydrogen-bond acceptors (Lipinski definition) is 12. The lowest BCUT2D eigenvalue weighted by Crippen LogP contribution is -2.60. The number of aliphatic hydroxyl groups excluding tert-OH is 2. The van der Waals surface area contributed by atoms with Crippen molar-refractivity contribution < 1.29 is 63.9 Å². The molecule has 20 nitrogen and oxygen atoms in total. The van der Waals surface area contributed by atoms with Gasteiger partial charge in [-0.15, -0.1) is 0 Å². The molecule has 0 rings (SSSR count). The molecule has 47 heavy (non-hydrogen) atoms. The zero-order valence-corrected chi connectivity index (χ0v) is 26.3. The molecule has 268 valence electrons. The van der Waals surface area contributed by atoms with Crippen LogP contribution in [0.1, 0.15) is 58.8 Å². The Bertz CT molecular complexity index is 1100. The summed E-state index contributed by atoms with van der Waals surface area (Å²) in [5.41, 5.74) is 11.1. The van der Waals surface area contributed by atoms with Crippen LogP contribution in [-0.2, 0) is 38.4 Å². The number of carbonyl (C=O) groups excluding carboxylic acids is 5. The van der Waals surface area contributed by atoms with Crippen molar-refractivity contribution >= 4 is 47.4 Å². The number of nitrogens with two attached hydrogens (primary N) is 2. The lowest BCUT2D eigenvalue weighted by atomic mass is 10.0. The number of nitrogens with one attached hydrogen (secondary N) is 5. The summed E-state index contributed by atoms with van der Waals surface area (Å²) < 4.78 is 0. The minimum absolute atomic E-state index is 0.0246. The highest BCUT2D eigenvalue weighted by Gasteiger charge is 2.33. The fourth-order valence-corrected chi connectivity index (χ4v) is 3.96. The van der Waals surface area contributed by atoms with Gasteiger partial charge in [0.2, 0.25) is 29.5 Å². The van der Waals surface area contributed by atoms with Crippen molar-refractivity contribution in [2.24, 2.45) is 17.4 Å². The van der Waals surface area contributed by atoms with Crippen molar-refractivity contribution in [1.82, 2.24) is 26.6 Å². The number of rotatable bonds is 24. The first kappa shape index (κ1) is 42.6. The van der Waals surface area contributed by atoms with E-state index < -0.39 is 122 Å². The van der Waals surface area contributed by atoms with Gasteiger partial charge in [0.1, 0.15) is 30.2 Å². The molecular weight excluding hydrogens is 630 g/mol. The Balaban J connectivity index is 5.80. The van der Waals surface area contributed by atoms with Crippen LogP contribution in [0.4, 0.5) is 0 Å². The van der Waals surface area contributed by atoms with Crippen molar-refractivity contribution in [3.05, 3.63) is 0 Å². The van der Waals surface area contributed by atoms with Crippen molar-refractivity contribution in [1.29, 1.82) is 0 Å². The maximum Gasteiger partial charge on any atom is 0.326 e. The van der Waals surface area contributed by atoms with E-state index in [2.05, 4.69) is 26.6 Å². The van der Waals surface area contributed by atoms with E-state index in [-0.39, 0.29) is 19.4 Å². The molecule has 0 unspecified atom stereocenters. The van der Waals surface area contributed by atoms with Crippen molar-refractivity contribution in [2.75, 3.05) is 19.8 Å². The number of carboxylic acid groups (broad SMARTS) is 3. The number of hydrogen-bond donors (Lipinski definition) is 12. The van der Waals surface area contributed by atoms with Gasteiger partial charge in [0.25, 0.3) is 0 Å². The van der Waals surface area contributed by atoms with Gasteiger partial charge in [-0.2, -0.15) is 0 Å². The summed E-state index contributed by atoms with van der Waals surface area (Å²) in [6, 6.07) is -9.01. The van der Waals surface area contributed by atoms with Crippen LogP contribution in [0.5, 0.6) is 0 Å². The molecule has 14 N–H and O–H groups in total. The topological polar surface area (TPSA) is 350 Å². The molecule has 0 aromatic rings. The third-order valence-electron chi connectivity index (χ3n) is 6.73. The first-order valence-corrected chi connectivity index (χ1v) is 14.8. The number of unbranched alkanes of at least 4 members (excludes halogenated alkanes) is 1. The third-order valence-corrected chi connectivity index (χ3v) is 6.73. The number of amides is 5. The molecule has 0 heterocycles. The first-order valence-electron chi connectivity index (χ1n) is 14.8. The Morgan fingerprint density at radius 2 is 0.979 bits per heavy atom. The second-order valence-electron chi connectivity index (χ2n) is 10.9. The van der Waals surface area contributed by atoms with Crippen LogP contribution >= 0.6 is 0 Å². The van der Waals surface area contributed by atoms with E-state index in [1.54, 1.807) is 13.8 Å². The Labute approximate surface area is 270 Å². The van der Waals surface area contributed by atoms with E-state index in [1.165, 1.54) is 0 Å². The fraction of sp³-hybridized carbons (Fsp3) is 0.704. The predicted octanol–water partition coefficient (Wildman–Crippen LogP) is -4.68. The minimum Gasteiger partial charge on any atom is -0.481 e. The van der Waals surface area contributed by atoms with E-state index in [0.717, 1.165) is 0 Å². The van der Waals surface area contributed by atoms with E-state index in [9.17, 15) is 53.7 Å². The fourth-order valence-electron chi connectivity index (χ4n) is 3.96. The van der Waals surface area contributed by atoms with Crippen LogP contribution in [0.25, 0.3) is 0 Å². The maximum atomic E-state index is 13.1. The molecule has 0 aliphatic carbocycles. The average molecular weight is 678 g/mol. The standard InChI is InChI=1S/C27H47N7O13/c1-13(2)21(27(46)47)34-24(43)15(5-3-4-10-28)30-26(45)18(12-36)33-23(42)16(7-9-20(39)40)31-25(44)17(11-35)32-22(41)14(29)6-8-19(37)38/h13-18,21,35-36H,3-12,28-29H2,1-2H3,(H,30,45)(H,31,44)(H,32,41)(H,33,42)(H,34,43)(H,37,38)(H,39,40)(H,46,47)/t14-,15-,16-,17-,18-,21-/m0/s1. The van der Waals surface area contributed by atoms with Crippen LogP contribution < -0.4 is 38.1 Å². The van der Waals surface area contributed by atoms with Crippen LogP contribution in [-0.4, -0.2) is 129 Å². The van der Waals surface area contributed by atoms with E-state index >= 15 is 0 Å². The van der Waals surface area contributed by atoms with Crippen molar-refractivity contribution in [3.63, 3.8) is 0 Å². The molecule has 0 saturated carbocycles. The normalized spacial score (nSPS) is 14.8. The maximum absolute atomic E-state index is 13.1. The summed E-state index contributed by atoms with van der Waals surface area (Å²) in [5, 5.41) is 57.8. The Kier molecular flexibility index (Phi) is 20.1. The minimum atomic E-state index is -1.72. The summed E-state index contributed by atoms with van der Waals surface area (Å²) in [5.74, 6) is -9.60. The average Bonchev–Trinajstić information content (AvgIpc) is 3.00. The second kappa shape index (κ2) is 22.2. The van der Waals surface area contributed by atoms with Crippen LogP contribution in [0.15, 0.2) is 0 Å². The number of aliphatic carboxylic acids is 3. The molecule has 0 bridgehead atoms. The summed E-state index contributed by atoms with van der Waals surface area (Å²) in [4.78, 5) is 97.6. The lowest BCUT2D eigenvalue weighted by molar-refractivity contribution is -0.143. The second-order valence-corrected chi connectivity index (χ2v) is 10.9. The first-order chi connectivity index (χ1) is 22.0. The molecule has 20 heteroatoms. The molecule has 0 saturated heterocycles. The zero-order chi connectivity index (χ0) is 36.3. The molecule has 0 fully saturated rings. The van der Waals surface area contributed by atoms with Crippen LogP contribution in [0, 0.1) is 5.92 Å². The summed E-state index contributed by atoms with van der Waals surface area (Å²) >= 11 is 0. The smallest absolute Gasteiger partial charge is 0.326 e. The monoisotopic (exact) mass is 677 g/mol. The largest absolute Gasteiger partial charge is 0.481 e. The van der Waals surface area contributed by atoms with E-state index in [0.29, 0.717) is 12.8 Å². The quantitative estimate of drug-likeness (QED) is 0.0427. The molecular formula is C27H47N7O13. The zero-order valence-electron chi connectivity index (χ0n) is 26.3. The van der Waals surface area contributed by atoms with Gasteiger partial charge >= 0.3 is 17.9 Å². The number of carboxylic acids is 3. The summed E-state index contributed by atoms with van der Waals surface area (Å²) in [7, 11) is 0. The molecule has 0 aliphatic heterocycles. The SMILES string of the molecule is CC(C)[C@H](NC(=O)[C@H](CCCCN)NC(=O)[C@H](CO)NC(=O)[C@H](CCC(=O)O)NC(=O)[C@H](CO)NC(=O)[C@@H](N)CCC(=O)O)C(=O)O. The molecule has 5 amide bonds. The Morgan fingerprint density at radius 1 is 0.574 bits per heavy atom. The molecule has 0 aromatic carbocycles. The molecule has 0 spiro atoms. The number of carbonyl (C=O) groups is 8. The van der Waals surface area contributed by atoms with Crippen molar-refractivity contribution in [2.45, 2.75) is 95.0 Å². The van der Waals surface area contributed by atoms with Gasteiger partial charge in [-0.25, -0.2) is 4.79 Å². The summed E-state index contributed by atoms with van der Waals surface area (Å²) in [6.45, 7) is 1.38. The number of aliphatic hydroxyl groups is 2. The van der Waals surface area contributed by atoms with Crippen LogP contribution in [0.2, 0.25) is 0 Å². The lowest BCUT2D eigenvalue weighted by Gasteiger charge is -2.26. The van der Waals surface area contributed by atoms with Gasteiger partial charge in [0.15, 0.2) is 0 Å². The summed E-state index contributed by atoms with van der Waals surface area (Å²) in [6.07, 6.45) is -1.11. The van der Waals surface area contributed by atoms with Gasteiger partial charge in [0, 0.05) is 12.8 Å². The van der Waals surface area contributed by atoms with Gasteiger partial charge in [-0.3, -0.25) is 33.6 Å². The third kappa shape index (κ3) is 16.6. The van der Waals surface area contributed by atoms with Gasteiger partial charge in [0.05, 0.1) is 19.3 Å². The Morgan fingerprint density at radius 3 is 1.40 bits per heavy atom.